The third-order valence-corrected chi connectivity index (χ3v) is 3.71. The van der Waals surface area contributed by atoms with E-state index in [1.807, 2.05) is 12.1 Å². The van der Waals surface area contributed by atoms with Gasteiger partial charge in [-0.1, -0.05) is 17.7 Å². The van der Waals surface area contributed by atoms with E-state index in [-0.39, 0.29) is 22.6 Å². The molecule has 0 radical (unpaired) electrons. The standard InChI is InChI=1S/C18H15ClFN5O/c1-11-8-16(17(26)22-10-13-4-2-3-7-21-13)25-18(23-11)24-12-5-6-15(20)14(19)9-12/h2-9H,10H2,1H3,(H,22,26)(H,23,24,25). The van der Waals surface area contributed by atoms with Crippen LogP contribution >= 0.6 is 11.6 Å². The molecule has 6 nitrogen and oxygen atoms in total. The maximum Gasteiger partial charge on any atom is 0.270 e. The van der Waals surface area contributed by atoms with Crippen molar-refractivity contribution < 1.29 is 9.18 Å². The highest BCUT2D eigenvalue weighted by molar-refractivity contribution is 6.31. The van der Waals surface area contributed by atoms with E-state index in [4.69, 9.17) is 11.6 Å². The maximum absolute atomic E-state index is 13.2. The molecule has 0 fully saturated rings. The van der Waals surface area contributed by atoms with E-state index in [9.17, 15) is 9.18 Å². The molecule has 0 bridgehead atoms. The van der Waals surface area contributed by atoms with Crippen LogP contribution in [0.1, 0.15) is 21.9 Å². The Labute approximate surface area is 154 Å². The molecule has 0 aliphatic heterocycles. The molecule has 0 saturated carbocycles. The number of halogens is 2. The van der Waals surface area contributed by atoms with Gasteiger partial charge in [0.1, 0.15) is 11.5 Å². The fourth-order valence-electron chi connectivity index (χ4n) is 2.21. The largest absolute Gasteiger partial charge is 0.345 e. The second-order valence-electron chi connectivity index (χ2n) is 5.48. The van der Waals surface area contributed by atoms with E-state index < -0.39 is 5.82 Å². The third kappa shape index (κ3) is 4.52. The number of carbonyl (C=O) groups is 1. The first kappa shape index (κ1) is 17.8. The molecule has 0 saturated heterocycles. The third-order valence-electron chi connectivity index (χ3n) is 3.42. The van der Waals surface area contributed by atoms with Crippen molar-refractivity contribution in [3.8, 4) is 0 Å². The number of hydrogen-bond acceptors (Lipinski definition) is 5. The molecule has 3 aromatic rings. The highest BCUT2D eigenvalue weighted by Gasteiger charge is 2.11. The lowest BCUT2D eigenvalue weighted by Crippen LogP contribution is -2.24. The summed E-state index contributed by atoms with van der Waals surface area (Å²) in [6.07, 6.45) is 1.66. The summed E-state index contributed by atoms with van der Waals surface area (Å²) < 4.78 is 13.2. The number of amides is 1. The Morgan fingerprint density at radius 1 is 1.19 bits per heavy atom. The van der Waals surface area contributed by atoms with Gasteiger partial charge in [0.2, 0.25) is 5.95 Å². The van der Waals surface area contributed by atoms with Crippen LogP contribution in [0.4, 0.5) is 16.0 Å². The maximum atomic E-state index is 13.2. The lowest BCUT2D eigenvalue weighted by Gasteiger charge is -2.09. The summed E-state index contributed by atoms with van der Waals surface area (Å²) >= 11 is 5.77. The number of carbonyl (C=O) groups excluding carboxylic acids is 1. The van der Waals surface area contributed by atoms with Gasteiger partial charge in [0, 0.05) is 17.6 Å². The van der Waals surface area contributed by atoms with Gasteiger partial charge < -0.3 is 10.6 Å². The molecule has 0 aliphatic carbocycles. The first-order valence-corrected chi connectivity index (χ1v) is 8.15. The van der Waals surface area contributed by atoms with Crippen LogP contribution in [0.15, 0.2) is 48.7 Å². The van der Waals surface area contributed by atoms with Crippen LogP contribution in [-0.4, -0.2) is 20.9 Å². The predicted molar refractivity (Wildman–Crippen MR) is 96.9 cm³/mol. The Morgan fingerprint density at radius 3 is 2.77 bits per heavy atom. The Kier molecular flexibility index (Phi) is 5.38. The van der Waals surface area contributed by atoms with Crippen molar-refractivity contribution in [2.75, 3.05) is 5.32 Å². The van der Waals surface area contributed by atoms with Gasteiger partial charge >= 0.3 is 0 Å². The number of rotatable bonds is 5. The number of nitrogens with zero attached hydrogens (tertiary/aromatic N) is 3. The summed E-state index contributed by atoms with van der Waals surface area (Å²) in [6, 6.07) is 11.2. The number of aryl methyl sites for hydroxylation is 1. The van der Waals surface area contributed by atoms with Gasteiger partial charge in [0.15, 0.2) is 0 Å². The molecule has 0 aliphatic rings. The minimum Gasteiger partial charge on any atom is -0.345 e. The van der Waals surface area contributed by atoms with Gasteiger partial charge in [-0.05, 0) is 43.3 Å². The minimum absolute atomic E-state index is 0.0176. The average molecular weight is 372 g/mol. The fourth-order valence-corrected chi connectivity index (χ4v) is 2.39. The van der Waals surface area contributed by atoms with Crippen LogP contribution in [0.25, 0.3) is 0 Å². The van der Waals surface area contributed by atoms with Crippen LogP contribution in [0.5, 0.6) is 0 Å². The zero-order chi connectivity index (χ0) is 18.5. The monoisotopic (exact) mass is 371 g/mol. The Bertz CT molecular complexity index is 936. The van der Waals surface area contributed by atoms with E-state index in [2.05, 4.69) is 25.6 Å². The van der Waals surface area contributed by atoms with Crippen molar-refractivity contribution >= 4 is 29.1 Å². The van der Waals surface area contributed by atoms with Crippen molar-refractivity contribution in [2.24, 2.45) is 0 Å². The van der Waals surface area contributed by atoms with Gasteiger partial charge in [-0.25, -0.2) is 14.4 Å². The lowest BCUT2D eigenvalue weighted by atomic mass is 10.3. The van der Waals surface area contributed by atoms with Crippen molar-refractivity contribution in [1.29, 1.82) is 0 Å². The summed E-state index contributed by atoms with van der Waals surface area (Å²) in [5, 5.41) is 5.66. The highest BCUT2D eigenvalue weighted by atomic mass is 35.5. The Hall–Kier alpha value is -3.06. The van der Waals surface area contributed by atoms with Crippen LogP contribution in [0.2, 0.25) is 5.02 Å². The van der Waals surface area contributed by atoms with Gasteiger partial charge in [-0.3, -0.25) is 9.78 Å². The van der Waals surface area contributed by atoms with Crippen molar-refractivity contribution in [2.45, 2.75) is 13.5 Å². The van der Waals surface area contributed by atoms with Crippen molar-refractivity contribution in [1.82, 2.24) is 20.3 Å². The summed E-state index contributed by atoms with van der Waals surface area (Å²) in [5.74, 6) is -0.644. The van der Waals surface area contributed by atoms with E-state index in [0.717, 1.165) is 5.69 Å². The highest BCUT2D eigenvalue weighted by Crippen LogP contribution is 2.21. The molecule has 26 heavy (non-hydrogen) atoms. The summed E-state index contributed by atoms with van der Waals surface area (Å²) in [7, 11) is 0. The van der Waals surface area contributed by atoms with E-state index in [1.54, 1.807) is 25.3 Å². The average Bonchev–Trinajstić information content (AvgIpc) is 2.63. The summed E-state index contributed by atoms with van der Waals surface area (Å²) in [4.78, 5) is 24.9. The molecule has 1 amide bonds. The molecule has 0 unspecified atom stereocenters. The number of nitrogens with one attached hydrogen (secondary N) is 2. The zero-order valence-electron chi connectivity index (χ0n) is 13.8. The number of pyridine rings is 1. The lowest BCUT2D eigenvalue weighted by molar-refractivity contribution is 0.0945. The van der Waals surface area contributed by atoms with Gasteiger partial charge in [0.05, 0.1) is 17.3 Å². The molecule has 3 rings (SSSR count). The smallest absolute Gasteiger partial charge is 0.270 e. The number of benzene rings is 1. The van der Waals surface area contributed by atoms with Crippen molar-refractivity contribution in [3.05, 3.63) is 76.6 Å². The SMILES string of the molecule is Cc1cc(C(=O)NCc2ccccn2)nc(Nc2ccc(F)c(Cl)c2)n1. The molecule has 132 valence electrons. The van der Waals surface area contributed by atoms with Crippen LogP contribution in [-0.2, 0) is 6.54 Å². The Balaban J connectivity index is 1.74. The second-order valence-corrected chi connectivity index (χ2v) is 5.88. The molecule has 2 aromatic heterocycles. The molecule has 2 N–H and O–H groups in total. The predicted octanol–water partition coefficient (Wildman–Crippen LogP) is 3.65. The quantitative estimate of drug-likeness (QED) is 0.715. The minimum atomic E-state index is -0.517. The first-order chi connectivity index (χ1) is 12.5. The van der Waals surface area contributed by atoms with Crippen LogP contribution < -0.4 is 10.6 Å². The number of hydrogen-bond donors (Lipinski definition) is 2. The molecule has 0 atom stereocenters. The summed E-state index contributed by atoms with van der Waals surface area (Å²) in [6.45, 7) is 2.04. The van der Waals surface area contributed by atoms with E-state index in [0.29, 0.717) is 17.9 Å². The van der Waals surface area contributed by atoms with E-state index >= 15 is 0 Å². The van der Waals surface area contributed by atoms with Crippen LogP contribution in [0, 0.1) is 12.7 Å². The molecule has 2 heterocycles. The number of anilines is 2. The first-order valence-electron chi connectivity index (χ1n) is 7.77. The normalized spacial score (nSPS) is 10.4. The topological polar surface area (TPSA) is 79.8 Å². The van der Waals surface area contributed by atoms with Gasteiger partial charge in [-0.2, -0.15) is 0 Å². The van der Waals surface area contributed by atoms with Crippen molar-refractivity contribution in [3.63, 3.8) is 0 Å². The molecular weight excluding hydrogens is 357 g/mol. The molecular formula is C18H15ClFN5O. The summed E-state index contributed by atoms with van der Waals surface area (Å²) in [5.41, 5.74) is 2.08. The Morgan fingerprint density at radius 2 is 2.04 bits per heavy atom. The van der Waals surface area contributed by atoms with Crippen LogP contribution in [0.3, 0.4) is 0 Å². The zero-order valence-corrected chi connectivity index (χ0v) is 14.6. The molecule has 1 aromatic carbocycles. The molecule has 0 spiro atoms. The fraction of sp³-hybridized carbons (Fsp3) is 0.111. The number of aromatic nitrogens is 3. The molecule has 8 heteroatoms. The van der Waals surface area contributed by atoms with Gasteiger partial charge in [-0.15, -0.1) is 0 Å². The van der Waals surface area contributed by atoms with E-state index in [1.165, 1.54) is 18.2 Å². The second kappa shape index (κ2) is 7.88. The van der Waals surface area contributed by atoms with Gasteiger partial charge in [0.25, 0.3) is 5.91 Å².